The second-order valence-corrected chi connectivity index (χ2v) is 4.06. The van der Waals surface area contributed by atoms with Gasteiger partial charge in [-0.05, 0) is 6.26 Å². The van der Waals surface area contributed by atoms with Crippen molar-refractivity contribution in [2.75, 3.05) is 33.5 Å². The van der Waals surface area contributed by atoms with Crippen LogP contribution in [0.15, 0.2) is 12.1 Å². The van der Waals surface area contributed by atoms with Crippen molar-refractivity contribution in [2.24, 2.45) is 0 Å². The molecule has 6 heteroatoms. The van der Waals surface area contributed by atoms with Gasteiger partial charge >= 0.3 is 5.97 Å². The number of ether oxygens (including phenoxy) is 4. The van der Waals surface area contributed by atoms with E-state index in [-0.39, 0.29) is 5.94 Å². The Morgan fingerprint density at radius 1 is 1.06 bits per heavy atom. The number of hydrogen-bond donors (Lipinski definition) is 0. The highest BCUT2D eigenvalue weighted by Gasteiger charge is 2.18. The van der Waals surface area contributed by atoms with Gasteiger partial charge in [-0.1, -0.05) is 0 Å². The molecule has 0 unspecified atom stereocenters. The van der Waals surface area contributed by atoms with Crippen LogP contribution in [0.2, 0.25) is 0 Å². The maximum Gasteiger partial charge on any atom is 0.342 e. The molecule has 0 spiro atoms. The summed E-state index contributed by atoms with van der Waals surface area (Å²) in [7, 11) is 4.50. The number of carbonyl (C=O) groups excluding carboxylic acids is 1. The molecule has 0 radical (unpaired) electrons. The Hall–Kier alpha value is -1.56. The SMILES string of the molecule is COc1cc(OC)c(C(=O)OCSC)cc1OC. The molecule has 1 aromatic rings. The number of rotatable bonds is 6. The Bertz CT molecular complexity index is 419. The van der Waals surface area contributed by atoms with Crippen LogP contribution in [0.5, 0.6) is 17.2 Å². The third-order valence-electron chi connectivity index (χ3n) is 2.23. The summed E-state index contributed by atoms with van der Waals surface area (Å²) in [5.74, 6) is 1.17. The average Bonchev–Trinajstić information content (AvgIpc) is 2.42. The van der Waals surface area contributed by atoms with Crippen LogP contribution < -0.4 is 14.2 Å². The van der Waals surface area contributed by atoms with Crippen molar-refractivity contribution in [2.45, 2.75) is 0 Å². The lowest BCUT2D eigenvalue weighted by molar-refractivity contribution is 0.0575. The molecule has 0 saturated carbocycles. The summed E-state index contributed by atoms with van der Waals surface area (Å²) in [5.41, 5.74) is 0.309. The molecular formula is C12H16O5S. The molecule has 0 amide bonds. The van der Waals surface area contributed by atoms with E-state index in [1.807, 2.05) is 6.26 Å². The Morgan fingerprint density at radius 3 is 2.11 bits per heavy atom. The highest BCUT2D eigenvalue weighted by molar-refractivity contribution is 7.98. The van der Waals surface area contributed by atoms with Crippen molar-refractivity contribution < 1.29 is 23.7 Å². The molecule has 18 heavy (non-hydrogen) atoms. The quantitative estimate of drug-likeness (QED) is 0.584. The summed E-state index contributed by atoms with van der Waals surface area (Å²) in [6.07, 6.45) is 1.85. The highest BCUT2D eigenvalue weighted by atomic mass is 32.2. The number of benzene rings is 1. The summed E-state index contributed by atoms with van der Waals surface area (Å²) in [5, 5.41) is 0. The second-order valence-electron chi connectivity index (χ2n) is 3.25. The van der Waals surface area contributed by atoms with Gasteiger partial charge in [-0.25, -0.2) is 4.79 Å². The van der Waals surface area contributed by atoms with E-state index >= 15 is 0 Å². The highest BCUT2D eigenvalue weighted by Crippen LogP contribution is 2.34. The van der Waals surface area contributed by atoms with Gasteiger partial charge in [-0.3, -0.25) is 0 Å². The average molecular weight is 272 g/mol. The van der Waals surface area contributed by atoms with Crippen LogP contribution in [0.4, 0.5) is 0 Å². The molecule has 0 heterocycles. The van der Waals surface area contributed by atoms with E-state index in [1.54, 1.807) is 12.1 Å². The van der Waals surface area contributed by atoms with Gasteiger partial charge in [0.2, 0.25) is 0 Å². The predicted molar refractivity (Wildman–Crippen MR) is 69.9 cm³/mol. The molecule has 1 aromatic carbocycles. The minimum Gasteiger partial charge on any atom is -0.496 e. The molecule has 0 bridgehead atoms. The minimum atomic E-state index is -0.456. The standard InChI is InChI=1S/C12H16O5S/c1-14-9-6-11(16-3)10(15-2)5-8(9)12(13)17-7-18-4/h5-6H,7H2,1-4H3. The molecule has 0 fully saturated rings. The van der Waals surface area contributed by atoms with Gasteiger partial charge in [0, 0.05) is 12.1 Å². The number of hydrogen-bond acceptors (Lipinski definition) is 6. The first-order valence-corrected chi connectivity index (χ1v) is 6.53. The molecule has 0 aliphatic rings. The lowest BCUT2D eigenvalue weighted by Gasteiger charge is -2.13. The summed E-state index contributed by atoms with van der Waals surface area (Å²) in [6.45, 7) is 0. The molecule has 1 rings (SSSR count). The topological polar surface area (TPSA) is 54.0 Å². The van der Waals surface area contributed by atoms with E-state index in [2.05, 4.69) is 0 Å². The largest absolute Gasteiger partial charge is 0.496 e. The lowest BCUT2D eigenvalue weighted by atomic mass is 10.1. The van der Waals surface area contributed by atoms with Gasteiger partial charge in [-0.15, -0.1) is 11.8 Å². The number of thioether (sulfide) groups is 1. The first-order chi connectivity index (χ1) is 8.67. The first-order valence-electron chi connectivity index (χ1n) is 5.14. The molecule has 0 aromatic heterocycles. The Labute approximate surface area is 110 Å². The fraction of sp³-hybridized carbons (Fsp3) is 0.417. The van der Waals surface area contributed by atoms with Crippen LogP contribution in [0, 0.1) is 0 Å². The summed E-state index contributed by atoms with van der Waals surface area (Å²) < 4.78 is 20.5. The maximum atomic E-state index is 11.8. The van der Waals surface area contributed by atoms with Gasteiger partial charge in [0.25, 0.3) is 0 Å². The summed E-state index contributed by atoms with van der Waals surface area (Å²) >= 11 is 1.42. The lowest BCUT2D eigenvalue weighted by Crippen LogP contribution is -2.07. The fourth-order valence-corrected chi connectivity index (χ4v) is 1.60. The Balaban J connectivity index is 3.12. The van der Waals surface area contributed by atoms with Crippen LogP contribution in [-0.4, -0.2) is 39.5 Å². The Morgan fingerprint density at radius 2 is 1.61 bits per heavy atom. The van der Waals surface area contributed by atoms with Crippen molar-refractivity contribution in [1.82, 2.24) is 0 Å². The van der Waals surface area contributed by atoms with Crippen molar-refractivity contribution in [1.29, 1.82) is 0 Å². The zero-order valence-electron chi connectivity index (χ0n) is 10.8. The van der Waals surface area contributed by atoms with Gasteiger partial charge in [-0.2, -0.15) is 0 Å². The summed E-state index contributed by atoms with van der Waals surface area (Å²) in [4.78, 5) is 11.8. The normalized spacial score (nSPS) is 9.78. The molecule has 0 atom stereocenters. The van der Waals surface area contributed by atoms with Crippen molar-refractivity contribution in [3.8, 4) is 17.2 Å². The monoisotopic (exact) mass is 272 g/mol. The van der Waals surface area contributed by atoms with Gasteiger partial charge in [0.05, 0.1) is 21.3 Å². The second kappa shape index (κ2) is 7.00. The molecule has 0 aliphatic carbocycles. The van der Waals surface area contributed by atoms with E-state index in [9.17, 15) is 4.79 Å². The van der Waals surface area contributed by atoms with Crippen LogP contribution in [-0.2, 0) is 4.74 Å². The van der Waals surface area contributed by atoms with E-state index in [4.69, 9.17) is 18.9 Å². The van der Waals surface area contributed by atoms with Crippen LogP contribution in [0.3, 0.4) is 0 Å². The van der Waals surface area contributed by atoms with Crippen molar-refractivity contribution in [3.63, 3.8) is 0 Å². The third-order valence-corrected chi connectivity index (χ3v) is 2.59. The molecule has 100 valence electrons. The Kier molecular flexibility index (Phi) is 5.64. The third kappa shape index (κ3) is 3.22. The molecular weight excluding hydrogens is 256 g/mol. The number of carbonyl (C=O) groups is 1. The maximum absolute atomic E-state index is 11.8. The summed E-state index contributed by atoms with van der Waals surface area (Å²) in [6, 6.07) is 3.13. The van der Waals surface area contributed by atoms with E-state index in [1.165, 1.54) is 33.1 Å². The van der Waals surface area contributed by atoms with Crippen molar-refractivity contribution >= 4 is 17.7 Å². The minimum absolute atomic E-state index is 0.288. The van der Waals surface area contributed by atoms with Gasteiger partial charge in [0.15, 0.2) is 11.5 Å². The number of methoxy groups -OCH3 is 3. The van der Waals surface area contributed by atoms with E-state index < -0.39 is 5.97 Å². The smallest absolute Gasteiger partial charge is 0.342 e. The molecule has 0 saturated heterocycles. The van der Waals surface area contributed by atoms with E-state index in [0.717, 1.165) is 0 Å². The zero-order valence-corrected chi connectivity index (χ0v) is 11.6. The molecule has 5 nitrogen and oxygen atoms in total. The van der Waals surface area contributed by atoms with Crippen LogP contribution in [0.25, 0.3) is 0 Å². The van der Waals surface area contributed by atoms with Crippen LogP contribution >= 0.6 is 11.8 Å². The van der Waals surface area contributed by atoms with E-state index in [0.29, 0.717) is 22.8 Å². The van der Waals surface area contributed by atoms with Gasteiger partial charge in [0.1, 0.15) is 17.3 Å². The van der Waals surface area contributed by atoms with Crippen molar-refractivity contribution in [3.05, 3.63) is 17.7 Å². The number of esters is 1. The molecule has 0 aliphatic heterocycles. The van der Waals surface area contributed by atoms with Gasteiger partial charge < -0.3 is 18.9 Å². The fourth-order valence-electron chi connectivity index (χ4n) is 1.38. The van der Waals surface area contributed by atoms with Crippen LogP contribution in [0.1, 0.15) is 10.4 Å². The first kappa shape index (κ1) is 14.5. The predicted octanol–water partition coefficient (Wildman–Crippen LogP) is 2.19. The molecule has 0 N–H and O–H groups in total. The zero-order chi connectivity index (χ0) is 13.5.